The lowest BCUT2D eigenvalue weighted by atomic mass is 10.1. The smallest absolute Gasteiger partial charge is 0.265 e. The van der Waals surface area contributed by atoms with Gasteiger partial charge in [0.15, 0.2) is 0 Å². The van der Waals surface area contributed by atoms with Gasteiger partial charge in [0.05, 0.1) is 12.2 Å². The van der Waals surface area contributed by atoms with Crippen molar-refractivity contribution >= 4 is 0 Å². The molecule has 2 aromatic rings. The van der Waals surface area contributed by atoms with E-state index >= 15 is 0 Å². The maximum Gasteiger partial charge on any atom is 0.265 e. The first-order valence-corrected chi connectivity index (χ1v) is 5.47. The molecule has 0 amide bonds. The summed E-state index contributed by atoms with van der Waals surface area (Å²) in [6, 6.07) is 10.4. The van der Waals surface area contributed by atoms with Gasteiger partial charge in [0.2, 0.25) is 0 Å². The van der Waals surface area contributed by atoms with Gasteiger partial charge in [0, 0.05) is 11.6 Å². The number of nitrogens with zero attached hydrogens (tertiary/aromatic N) is 2. The lowest BCUT2D eigenvalue weighted by molar-refractivity contribution is 0.340. The first kappa shape index (κ1) is 11.9. The summed E-state index contributed by atoms with van der Waals surface area (Å²) in [5.41, 5.74) is 1.08. The van der Waals surface area contributed by atoms with Crippen LogP contribution in [0.5, 0.6) is 5.75 Å². The van der Waals surface area contributed by atoms with Crippen molar-refractivity contribution in [2.75, 3.05) is 6.61 Å². The van der Waals surface area contributed by atoms with Crippen LogP contribution in [0.1, 0.15) is 12.5 Å². The second-order valence-corrected chi connectivity index (χ2v) is 3.56. The van der Waals surface area contributed by atoms with Crippen LogP contribution in [-0.2, 0) is 0 Å². The molecule has 0 atom stereocenters. The van der Waals surface area contributed by atoms with E-state index in [4.69, 9.17) is 10.00 Å². The van der Waals surface area contributed by atoms with E-state index in [9.17, 15) is 4.79 Å². The highest BCUT2D eigenvalue weighted by molar-refractivity contribution is 5.66. The standard InChI is InChI=1S/C13H11N3O2/c1-2-18-11-5-3-9(4-6-11)13-10(8-14)7-12(17)15-16-13/h3-7H,2H2,1H3,(H,15,17). The fourth-order valence-electron chi connectivity index (χ4n) is 1.58. The molecule has 1 aromatic heterocycles. The normalized spacial score (nSPS) is 9.78. The molecule has 0 aliphatic rings. The van der Waals surface area contributed by atoms with E-state index in [2.05, 4.69) is 10.2 Å². The molecule has 0 spiro atoms. The van der Waals surface area contributed by atoms with E-state index in [-0.39, 0.29) is 11.1 Å². The Morgan fingerprint density at radius 2 is 2.11 bits per heavy atom. The summed E-state index contributed by atoms with van der Waals surface area (Å²) in [6.07, 6.45) is 0. The molecule has 1 N–H and O–H groups in total. The van der Waals surface area contributed by atoms with Gasteiger partial charge in [-0.15, -0.1) is 0 Å². The highest BCUT2D eigenvalue weighted by Gasteiger charge is 2.07. The number of H-pyrrole nitrogens is 1. The maximum absolute atomic E-state index is 11.1. The van der Waals surface area contributed by atoms with Gasteiger partial charge in [0.25, 0.3) is 5.56 Å². The zero-order chi connectivity index (χ0) is 13.0. The first-order valence-electron chi connectivity index (χ1n) is 5.47. The van der Waals surface area contributed by atoms with E-state index in [0.29, 0.717) is 12.3 Å². The van der Waals surface area contributed by atoms with Crippen molar-refractivity contribution in [1.82, 2.24) is 10.2 Å². The van der Waals surface area contributed by atoms with Crippen molar-refractivity contribution in [1.29, 1.82) is 5.26 Å². The molecule has 1 aromatic carbocycles. The van der Waals surface area contributed by atoms with Crippen molar-refractivity contribution in [2.45, 2.75) is 6.92 Å². The van der Waals surface area contributed by atoms with Crippen LogP contribution in [0.15, 0.2) is 35.1 Å². The molecule has 0 aliphatic carbocycles. The third kappa shape index (κ3) is 2.38. The largest absolute Gasteiger partial charge is 0.494 e. The fourth-order valence-corrected chi connectivity index (χ4v) is 1.58. The van der Waals surface area contributed by atoms with Gasteiger partial charge < -0.3 is 4.74 Å². The second-order valence-electron chi connectivity index (χ2n) is 3.56. The molecule has 0 aliphatic heterocycles. The Kier molecular flexibility index (Phi) is 3.39. The predicted molar refractivity (Wildman–Crippen MR) is 66.2 cm³/mol. The number of aromatic nitrogens is 2. The van der Waals surface area contributed by atoms with Crippen molar-refractivity contribution in [3.8, 4) is 23.1 Å². The maximum atomic E-state index is 11.1. The minimum absolute atomic E-state index is 0.253. The van der Waals surface area contributed by atoms with Crippen LogP contribution in [-0.4, -0.2) is 16.8 Å². The summed E-state index contributed by atoms with van der Waals surface area (Å²) < 4.78 is 5.33. The number of ether oxygens (including phenoxy) is 1. The van der Waals surface area contributed by atoms with Crippen LogP contribution in [0.4, 0.5) is 0 Å². The quantitative estimate of drug-likeness (QED) is 0.887. The number of benzene rings is 1. The van der Waals surface area contributed by atoms with Gasteiger partial charge in [-0.1, -0.05) is 0 Å². The zero-order valence-corrected chi connectivity index (χ0v) is 9.80. The summed E-state index contributed by atoms with van der Waals surface area (Å²) in [5.74, 6) is 0.754. The average Bonchev–Trinajstić information content (AvgIpc) is 2.40. The topological polar surface area (TPSA) is 78.8 Å². The van der Waals surface area contributed by atoms with E-state index in [1.54, 1.807) is 24.3 Å². The lowest BCUT2D eigenvalue weighted by Gasteiger charge is -2.05. The van der Waals surface area contributed by atoms with Crippen LogP contribution in [0, 0.1) is 11.3 Å². The molecule has 90 valence electrons. The van der Waals surface area contributed by atoms with Crippen molar-refractivity contribution in [2.24, 2.45) is 0 Å². The Morgan fingerprint density at radius 3 is 2.72 bits per heavy atom. The van der Waals surface area contributed by atoms with Gasteiger partial charge in [0.1, 0.15) is 17.5 Å². The van der Waals surface area contributed by atoms with Crippen LogP contribution in [0.25, 0.3) is 11.3 Å². The van der Waals surface area contributed by atoms with E-state index in [1.807, 2.05) is 13.0 Å². The van der Waals surface area contributed by atoms with E-state index < -0.39 is 0 Å². The van der Waals surface area contributed by atoms with E-state index in [1.165, 1.54) is 6.07 Å². The monoisotopic (exact) mass is 241 g/mol. The van der Waals surface area contributed by atoms with E-state index in [0.717, 1.165) is 11.3 Å². The molecule has 1 heterocycles. The minimum Gasteiger partial charge on any atom is -0.494 e. The van der Waals surface area contributed by atoms with Crippen LogP contribution in [0.2, 0.25) is 0 Å². The molecule has 0 unspecified atom stereocenters. The number of hydrogen-bond donors (Lipinski definition) is 1. The Hall–Kier alpha value is -2.61. The Balaban J connectivity index is 2.43. The predicted octanol–water partition coefficient (Wildman–Crippen LogP) is 1.71. The third-order valence-electron chi connectivity index (χ3n) is 2.37. The molecule has 5 heteroatoms. The second kappa shape index (κ2) is 5.15. The summed E-state index contributed by atoms with van der Waals surface area (Å²) in [4.78, 5) is 11.1. The summed E-state index contributed by atoms with van der Waals surface area (Å²) >= 11 is 0. The Bertz CT molecular complexity index is 639. The average molecular weight is 241 g/mol. The molecular weight excluding hydrogens is 230 g/mol. The van der Waals surface area contributed by atoms with Crippen molar-refractivity contribution < 1.29 is 4.74 Å². The van der Waals surface area contributed by atoms with Gasteiger partial charge in [-0.25, -0.2) is 5.10 Å². The number of hydrogen-bond acceptors (Lipinski definition) is 4. The van der Waals surface area contributed by atoms with Gasteiger partial charge in [-0.3, -0.25) is 4.79 Å². The van der Waals surface area contributed by atoms with Crippen LogP contribution >= 0.6 is 0 Å². The molecule has 0 fully saturated rings. The Labute approximate surface area is 104 Å². The van der Waals surface area contributed by atoms with Crippen molar-refractivity contribution in [3.63, 3.8) is 0 Å². The summed E-state index contributed by atoms with van der Waals surface area (Å²) in [7, 11) is 0. The molecule has 0 saturated carbocycles. The molecule has 5 nitrogen and oxygen atoms in total. The number of nitrogens with one attached hydrogen (secondary N) is 1. The number of aromatic amines is 1. The number of rotatable bonds is 3. The molecule has 18 heavy (non-hydrogen) atoms. The fraction of sp³-hybridized carbons (Fsp3) is 0.154. The van der Waals surface area contributed by atoms with Gasteiger partial charge in [-0.05, 0) is 31.2 Å². The van der Waals surface area contributed by atoms with Crippen molar-refractivity contribution in [3.05, 3.63) is 46.2 Å². The van der Waals surface area contributed by atoms with Gasteiger partial charge >= 0.3 is 0 Å². The highest BCUT2D eigenvalue weighted by atomic mass is 16.5. The minimum atomic E-state index is -0.388. The molecule has 0 bridgehead atoms. The van der Waals surface area contributed by atoms with Crippen LogP contribution < -0.4 is 10.3 Å². The summed E-state index contributed by atoms with van der Waals surface area (Å²) in [6.45, 7) is 2.50. The molecular formula is C13H11N3O2. The molecule has 0 saturated heterocycles. The van der Waals surface area contributed by atoms with Crippen LogP contribution in [0.3, 0.4) is 0 Å². The first-order chi connectivity index (χ1) is 8.74. The summed E-state index contributed by atoms with van der Waals surface area (Å²) in [5, 5.41) is 15.2. The van der Waals surface area contributed by atoms with Gasteiger partial charge in [-0.2, -0.15) is 10.4 Å². The third-order valence-corrected chi connectivity index (χ3v) is 2.37. The SMILES string of the molecule is CCOc1ccc(-c2n[nH]c(=O)cc2C#N)cc1. The Morgan fingerprint density at radius 1 is 1.39 bits per heavy atom. The zero-order valence-electron chi connectivity index (χ0n) is 9.80. The molecule has 0 radical (unpaired) electrons. The lowest BCUT2D eigenvalue weighted by Crippen LogP contribution is -2.08. The highest BCUT2D eigenvalue weighted by Crippen LogP contribution is 2.22. The number of nitriles is 1. The molecule has 2 rings (SSSR count).